The Labute approximate surface area is 204 Å². The van der Waals surface area contributed by atoms with Gasteiger partial charge >= 0.3 is 5.97 Å². The van der Waals surface area contributed by atoms with E-state index >= 15 is 0 Å². The average Bonchev–Trinajstić information content (AvgIpc) is 2.81. The molecule has 3 rings (SSSR count). The van der Waals surface area contributed by atoms with E-state index in [2.05, 4.69) is 40.3 Å². The lowest BCUT2D eigenvalue weighted by molar-refractivity contribution is -0.161. The maximum Gasteiger partial charge on any atom is 0.338 e. The largest absolute Gasteiger partial charge is 0.512 e. The number of alkyl halides is 1. The molecular formula is C27H32BrNO4. The molecule has 0 fully saturated rings. The summed E-state index contributed by atoms with van der Waals surface area (Å²) in [5.41, 5.74) is 2.33. The zero-order valence-corrected chi connectivity index (χ0v) is 20.9. The van der Waals surface area contributed by atoms with E-state index in [1.807, 2.05) is 43.3 Å². The number of amides is 1. The topological polar surface area (TPSA) is 75.6 Å². The van der Waals surface area contributed by atoms with Crippen molar-refractivity contribution in [3.05, 3.63) is 77.1 Å². The van der Waals surface area contributed by atoms with Crippen LogP contribution in [0.1, 0.15) is 63.0 Å². The van der Waals surface area contributed by atoms with Crippen LogP contribution in [0, 0.1) is 0 Å². The second kappa shape index (κ2) is 11.5. The lowest BCUT2D eigenvalue weighted by atomic mass is 9.80. The Morgan fingerprint density at radius 3 is 2.55 bits per heavy atom. The number of anilines is 1. The third-order valence-corrected chi connectivity index (χ3v) is 6.71. The van der Waals surface area contributed by atoms with E-state index in [1.165, 1.54) is 5.56 Å². The number of nitrogens with one attached hydrogen (secondary N) is 1. The van der Waals surface area contributed by atoms with Gasteiger partial charge in [0.2, 0.25) is 5.91 Å². The van der Waals surface area contributed by atoms with Crippen molar-refractivity contribution >= 4 is 33.5 Å². The van der Waals surface area contributed by atoms with Gasteiger partial charge in [-0.15, -0.1) is 0 Å². The fourth-order valence-electron chi connectivity index (χ4n) is 4.66. The van der Waals surface area contributed by atoms with Gasteiger partial charge in [0.15, 0.2) is 0 Å². The number of hydrogen-bond acceptors (Lipinski definition) is 4. The van der Waals surface area contributed by atoms with Crippen LogP contribution in [0.25, 0.3) is 0 Å². The van der Waals surface area contributed by atoms with Gasteiger partial charge in [0.1, 0.15) is 11.4 Å². The summed E-state index contributed by atoms with van der Waals surface area (Å²) in [6.45, 7) is 4.04. The molecule has 2 atom stereocenters. The number of carbonyl (C=O) groups excluding carboxylic acids is 2. The van der Waals surface area contributed by atoms with Crippen molar-refractivity contribution in [3.63, 3.8) is 0 Å². The van der Waals surface area contributed by atoms with Crippen LogP contribution in [0.3, 0.4) is 0 Å². The van der Waals surface area contributed by atoms with Gasteiger partial charge < -0.3 is 15.2 Å². The van der Waals surface area contributed by atoms with E-state index < -0.39 is 11.6 Å². The van der Waals surface area contributed by atoms with Crippen LogP contribution in [0.5, 0.6) is 0 Å². The van der Waals surface area contributed by atoms with Gasteiger partial charge in [-0.2, -0.15) is 0 Å². The predicted molar refractivity (Wildman–Crippen MR) is 135 cm³/mol. The van der Waals surface area contributed by atoms with E-state index in [1.54, 1.807) is 6.07 Å². The van der Waals surface area contributed by atoms with E-state index in [0.29, 0.717) is 36.9 Å². The number of esters is 1. The number of ether oxygens (including phenoxy) is 1. The fraction of sp³-hybridized carbons (Fsp3) is 0.407. The Balaban J connectivity index is 1.86. The molecule has 0 aliphatic carbocycles. The molecule has 0 saturated carbocycles. The van der Waals surface area contributed by atoms with Crippen LogP contribution >= 0.6 is 15.9 Å². The second-order valence-electron chi connectivity index (χ2n) is 8.61. The first-order valence-corrected chi connectivity index (χ1v) is 12.7. The summed E-state index contributed by atoms with van der Waals surface area (Å²) in [6, 6.07) is 17.5. The molecule has 2 aromatic rings. The Morgan fingerprint density at radius 2 is 1.91 bits per heavy atom. The van der Waals surface area contributed by atoms with Crippen molar-refractivity contribution in [1.82, 2.24) is 0 Å². The number of aryl methyl sites for hydroxylation is 1. The third-order valence-electron chi connectivity index (χ3n) is 6.20. The summed E-state index contributed by atoms with van der Waals surface area (Å²) in [5, 5.41) is 14.1. The number of rotatable bonds is 10. The van der Waals surface area contributed by atoms with Gasteiger partial charge in [0.05, 0.1) is 10.9 Å². The van der Waals surface area contributed by atoms with Crippen LogP contribution in [-0.2, 0) is 20.7 Å². The molecule has 0 bridgehead atoms. The number of carbonyl (C=O) groups is 2. The first kappa shape index (κ1) is 25.0. The Bertz CT molecular complexity index is 1000. The first-order valence-electron chi connectivity index (χ1n) is 11.6. The number of benzene rings is 2. The number of halogens is 1. The van der Waals surface area contributed by atoms with E-state index in [9.17, 15) is 14.7 Å². The minimum atomic E-state index is -0.695. The molecule has 1 heterocycles. The van der Waals surface area contributed by atoms with Crippen LogP contribution in [0.15, 0.2) is 65.9 Å². The highest BCUT2D eigenvalue weighted by atomic mass is 79.9. The van der Waals surface area contributed by atoms with Gasteiger partial charge in [-0.05, 0) is 48.9 Å². The summed E-state index contributed by atoms with van der Waals surface area (Å²) in [6.07, 6.45) is 3.95. The summed E-state index contributed by atoms with van der Waals surface area (Å²) in [4.78, 5) is 25.0. The van der Waals surface area contributed by atoms with Gasteiger partial charge in [0.25, 0.3) is 0 Å². The quantitative estimate of drug-likeness (QED) is 0.283. The minimum Gasteiger partial charge on any atom is -0.512 e. The Hall–Kier alpha value is -2.60. The molecular weight excluding hydrogens is 482 g/mol. The molecule has 0 unspecified atom stereocenters. The van der Waals surface area contributed by atoms with Crippen LogP contribution in [-0.4, -0.2) is 27.9 Å². The van der Waals surface area contributed by atoms with Crippen LogP contribution < -0.4 is 5.32 Å². The highest BCUT2D eigenvalue weighted by molar-refractivity contribution is 9.09. The van der Waals surface area contributed by atoms with Gasteiger partial charge in [-0.25, -0.2) is 4.79 Å². The molecule has 0 saturated heterocycles. The molecule has 1 aliphatic rings. The number of aliphatic hydroxyl groups excluding tert-OH is 1. The molecule has 1 aliphatic heterocycles. The van der Waals surface area contributed by atoms with Crippen molar-refractivity contribution in [3.8, 4) is 0 Å². The maximum atomic E-state index is 13.3. The SMILES string of the molecule is CCC[C@@]1(CCc2ccccc2)CC(O)=C([C@H](CC)c2cccc(NC(=O)CBr)c2)C(=O)O1. The van der Waals surface area contributed by atoms with Gasteiger partial charge in [-0.1, -0.05) is 78.7 Å². The van der Waals surface area contributed by atoms with Crippen molar-refractivity contribution in [2.24, 2.45) is 0 Å². The zero-order valence-electron chi connectivity index (χ0n) is 19.3. The fourth-order valence-corrected chi connectivity index (χ4v) is 4.80. The van der Waals surface area contributed by atoms with Gasteiger partial charge in [-0.3, -0.25) is 4.79 Å². The molecule has 2 aromatic carbocycles. The van der Waals surface area contributed by atoms with Crippen LogP contribution in [0.4, 0.5) is 5.69 Å². The lowest BCUT2D eigenvalue weighted by Gasteiger charge is -2.38. The molecule has 2 N–H and O–H groups in total. The molecule has 1 amide bonds. The Kier molecular flexibility index (Phi) is 8.73. The number of hydrogen-bond donors (Lipinski definition) is 2. The molecule has 0 radical (unpaired) electrons. The zero-order chi connectivity index (χ0) is 23.8. The molecule has 6 heteroatoms. The van der Waals surface area contributed by atoms with E-state index in [0.717, 1.165) is 18.4 Å². The van der Waals surface area contributed by atoms with Crippen molar-refractivity contribution in [2.75, 3.05) is 10.6 Å². The molecule has 0 spiro atoms. The summed E-state index contributed by atoms with van der Waals surface area (Å²) in [5.74, 6) is -0.786. The smallest absolute Gasteiger partial charge is 0.338 e. The van der Waals surface area contributed by atoms with Crippen molar-refractivity contribution in [1.29, 1.82) is 0 Å². The van der Waals surface area contributed by atoms with E-state index in [4.69, 9.17) is 4.74 Å². The second-order valence-corrected chi connectivity index (χ2v) is 9.17. The highest BCUT2D eigenvalue weighted by Gasteiger charge is 2.43. The van der Waals surface area contributed by atoms with Crippen LogP contribution in [0.2, 0.25) is 0 Å². The van der Waals surface area contributed by atoms with Crippen molar-refractivity contribution in [2.45, 2.75) is 63.9 Å². The lowest BCUT2D eigenvalue weighted by Crippen LogP contribution is -2.41. The molecule has 5 nitrogen and oxygen atoms in total. The monoisotopic (exact) mass is 513 g/mol. The molecule has 0 aromatic heterocycles. The van der Waals surface area contributed by atoms with Crippen molar-refractivity contribution < 1.29 is 19.4 Å². The minimum absolute atomic E-state index is 0.120. The highest BCUT2D eigenvalue weighted by Crippen LogP contribution is 2.42. The van der Waals surface area contributed by atoms with Gasteiger partial charge in [0, 0.05) is 18.0 Å². The standard InChI is InChI=1S/C27H32BrNO4/c1-3-14-27(15-13-19-9-6-5-7-10-19)17-23(30)25(26(32)33-27)22(4-2)20-11-8-12-21(16-20)29-24(31)18-28/h5-12,16,22,30H,3-4,13-15,17-18H2,1-2H3,(H,29,31)/t22-,27-/m1/s1. The normalized spacial score (nSPS) is 19.2. The first-order chi connectivity index (χ1) is 15.9. The third kappa shape index (κ3) is 6.26. The molecule has 33 heavy (non-hydrogen) atoms. The summed E-state index contributed by atoms with van der Waals surface area (Å²) >= 11 is 3.15. The summed E-state index contributed by atoms with van der Waals surface area (Å²) < 4.78 is 6.10. The number of cyclic esters (lactones) is 1. The van der Waals surface area contributed by atoms with E-state index in [-0.39, 0.29) is 22.9 Å². The number of aliphatic hydroxyl groups is 1. The predicted octanol–water partition coefficient (Wildman–Crippen LogP) is 6.44. The maximum absolute atomic E-state index is 13.3. The Morgan fingerprint density at radius 1 is 1.15 bits per heavy atom. The average molecular weight is 514 g/mol. The molecule has 176 valence electrons. The summed E-state index contributed by atoms with van der Waals surface area (Å²) in [7, 11) is 0.